The van der Waals surface area contributed by atoms with Crippen LogP contribution in [0.25, 0.3) is 0 Å². The molecule has 0 aromatic heterocycles. The summed E-state index contributed by atoms with van der Waals surface area (Å²) in [6.45, 7) is 2.70. The van der Waals surface area contributed by atoms with Crippen molar-refractivity contribution >= 4 is 21.8 Å². The molecule has 1 aromatic rings. The number of methoxy groups -OCH3 is 1. The van der Waals surface area contributed by atoms with Gasteiger partial charge in [0.05, 0.1) is 12.7 Å². The highest BCUT2D eigenvalue weighted by molar-refractivity contribution is 9.10. The highest BCUT2D eigenvalue weighted by atomic mass is 79.9. The molecule has 0 saturated carbocycles. The number of carbonyl (C=O) groups excluding carboxylic acids is 1. The van der Waals surface area contributed by atoms with Crippen LogP contribution < -0.4 is 10.5 Å². The van der Waals surface area contributed by atoms with Gasteiger partial charge in [0.25, 0.3) is 5.91 Å². The number of nitrogens with zero attached hydrogens (tertiary/aromatic N) is 1. The average Bonchev–Trinajstić information content (AvgIpc) is 2.70. The number of likely N-dealkylation sites (tertiary alicyclic amines) is 1. The first-order chi connectivity index (χ1) is 8.54. The number of ether oxygens (including phenoxy) is 1. The molecular formula is C13H17BrN2O2. The van der Waals surface area contributed by atoms with Crippen LogP contribution in [0.15, 0.2) is 22.7 Å². The third-order valence-electron chi connectivity index (χ3n) is 3.48. The van der Waals surface area contributed by atoms with E-state index in [4.69, 9.17) is 10.5 Å². The fourth-order valence-electron chi connectivity index (χ4n) is 2.20. The molecule has 2 N–H and O–H groups in total. The van der Waals surface area contributed by atoms with Gasteiger partial charge in [0.15, 0.2) is 0 Å². The van der Waals surface area contributed by atoms with E-state index < -0.39 is 0 Å². The zero-order valence-electron chi connectivity index (χ0n) is 10.5. The Hall–Kier alpha value is -1.07. The normalized spacial score (nSPS) is 23.2. The molecule has 0 spiro atoms. The summed E-state index contributed by atoms with van der Waals surface area (Å²) in [4.78, 5) is 14.3. The summed E-state index contributed by atoms with van der Waals surface area (Å²) in [5.41, 5.74) is 6.57. The summed E-state index contributed by atoms with van der Waals surface area (Å²) in [7, 11) is 1.59. The Balaban J connectivity index is 2.28. The summed E-state index contributed by atoms with van der Waals surface area (Å²) in [6.07, 6.45) is 0.856. The van der Waals surface area contributed by atoms with Crippen LogP contribution in [0.3, 0.4) is 0 Å². The first-order valence-electron chi connectivity index (χ1n) is 5.94. The van der Waals surface area contributed by atoms with E-state index in [0.29, 0.717) is 17.9 Å². The molecule has 2 rings (SSSR count). The predicted octanol–water partition coefficient (Wildman–Crippen LogP) is 2.02. The molecule has 2 atom stereocenters. The Morgan fingerprint density at radius 2 is 2.28 bits per heavy atom. The molecule has 1 fully saturated rings. The molecule has 4 nitrogen and oxygen atoms in total. The fourth-order valence-corrected chi connectivity index (χ4v) is 2.62. The number of carbonyl (C=O) groups is 1. The van der Waals surface area contributed by atoms with Crippen LogP contribution in [0.2, 0.25) is 0 Å². The smallest absolute Gasteiger partial charge is 0.255 e. The maximum Gasteiger partial charge on any atom is 0.255 e. The Labute approximate surface area is 115 Å². The molecule has 1 amide bonds. The van der Waals surface area contributed by atoms with Crippen LogP contribution >= 0.6 is 15.9 Å². The minimum atomic E-state index is 0.00113. The molecule has 98 valence electrons. The Morgan fingerprint density at radius 3 is 2.83 bits per heavy atom. The van der Waals surface area contributed by atoms with Crippen molar-refractivity contribution in [2.75, 3.05) is 13.7 Å². The molecule has 18 heavy (non-hydrogen) atoms. The second-order valence-electron chi connectivity index (χ2n) is 4.54. The van der Waals surface area contributed by atoms with Crippen LogP contribution in [-0.4, -0.2) is 36.5 Å². The lowest BCUT2D eigenvalue weighted by Crippen LogP contribution is -2.40. The molecule has 0 radical (unpaired) electrons. The monoisotopic (exact) mass is 312 g/mol. The second kappa shape index (κ2) is 5.28. The van der Waals surface area contributed by atoms with Gasteiger partial charge in [0.1, 0.15) is 5.75 Å². The Kier molecular flexibility index (Phi) is 3.92. The van der Waals surface area contributed by atoms with Crippen LogP contribution in [-0.2, 0) is 0 Å². The van der Waals surface area contributed by atoms with Crippen molar-refractivity contribution in [3.8, 4) is 5.75 Å². The first kappa shape index (κ1) is 13.4. The first-order valence-corrected chi connectivity index (χ1v) is 6.74. The van der Waals surface area contributed by atoms with Gasteiger partial charge >= 0.3 is 0 Å². The van der Waals surface area contributed by atoms with Crippen molar-refractivity contribution in [3.63, 3.8) is 0 Å². The van der Waals surface area contributed by atoms with E-state index in [-0.39, 0.29) is 18.0 Å². The number of benzene rings is 1. The summed E-state index contributed by atoms with van der Waals surface area (Å²) < 4.78 is 5.93. The molecule has 1 aromatic carbocycles. The lowest BCUT2D eigenvalue weighted by Gasteiger charge is -2.24. The number of hydrogen-bond donors (Lipinski definition) is 1. The maximum atomic E-state index is 12.5. The van der Waals surface area contributed by atoms with Gasteiger partial charge < -0.3 is 15.4 Å². The number of rotatable bonds is 2. The van der Waals surface area contributed by atoms with Gasteiger partial charge in [-0.15, -0.1) is 0 Å². The van der Waals surface area contributed by atoms with Gasteiger partial charge in [-0.25, -0.2) is 0 Å². The standard InChI is InChI=1S/C13H17BrN2O2/c1-8-12(15)5-6-16(8)13(17)10-7-9(18-2)3-4-11(10)14/h3-4,7-8,12H,5-6,15H2,1-2H3. The van der Waals surface area contributed by atoms with Crippen molar-refractivity contribution < 1.29 is 9.53 Å². The lowest BCUT2D eigenvalue weighted by molar-refractivity contribution is 0.0741. The lowest BCUT2D eigenvalue weighted by atomic mass is 10.1. The zero-order chi connectivity index (χ0) is 13.3. The van der Waals surface area contributed by atoms with E-state index in [9.17, 15) is 4.79 Å². The SMILES string of the molecule is COc1ccc(Br)c(C(=O)N2CCC(N)C2C)c1. The van der Waals surface area contributed by atoms with E-state index in [1.54, 1.807) is 13.2 Å². The third-order valence-corrected chi connectivity index (χ3v) is 4.17. The number of nitrogens with two attached hydrogens (primary N) is 1. The van der Waals surface area contributed by atoms with Crippen LogP contribution in [0.4, 0.5) is 0 Å². The van der Waals surface area contributed by atoms with Crippen molar-refractivity contribution in [3.05, 3.63) is 28.2 Å². The zero-order valence-corrected chi connectivity index (χ0v) is 12.1. The second-order valence-corrected chi connectivity index (χ2v) is 5.39. The molecule has 1 aliphatic rings. The average molecular weight is 313 g/mol. The van der Waals surface area contributed by atoms with Gasteiger partial charge in [-0.3, -0.25) is 4.79 Å². The minimum absolute atomic E-state index is 0.00113. The molecule has 1 heterocycles. The van der Waals surface area contributed by atoms with Crippen molar-refractivity contribution in [2.45, 2.75) is 25.4 Å². The van der Waals surface area contributed by atoms with Gasteiger partial charge in [-0.2, -0.15) is 0 Å². The number of amides is 1. The topological polar surface area (TPSA) is 55.6 Å². The van der Waals surface area contributed by atoms with Crippen LogP contribution in [0, 0.1) is 0 Å². The Morgan fingerprint density at radius 1 is 1.56 bits per heavy atom. The molecular weight excluding hydrogens is 296 g/mol. The van der Waals surface area contributed by atoms with Crippen molar-refractivity contribution in [1.29, 1.82) is 0 Å². The molecule has 1 saturated heterocycles. The van der Waals surface area contributed by atoms with Gasteiger partial charge in [0.2, 0.25) is 0 Å². The quantitative estimate of drug-likeness (QED) is 0.909. The largest absolute Gasteiger partial charge is 0.497 e. The predicted molar refractivity (Wildman–Crippen MR) is 73.8 cm³/mol. The van der Waals surface area contributed by atoms with E-state index in [1.165, 1.54) is 0 Å². The summed E-state index contributed by atoms with van der Waals surface area (Å²) in [6, 6.07) is 5.55. The highest BCUT2D eigenvalue weighted by Crippen LogP contribution is 2.26. The molecule has 1 aliphatic heterocycles. The maximum absolute atomic E-state index is 12.5. The molecule has 0 bridgehead atoms. The van der Waals surface area contributed by atoms with Crippen LogP contribution in [0.1, 0.15) is 23.7 Å². The summed E-state index contributed by atoms with van der Waals surface area (Å²) >= 11 is 3.41. The van der Waals surface area contributed by atoms with Crippen molar-refractivity contribution in [2.24, 2.45) is 5.73 Å². The molecule has 0 aliphatic carbocycles. The fraction of sp³-hybridized carbons (Fsp3) is 0.462. The number of hydrogen-bond acceptors (Lipinski definition) is 3. The Bertz CT molecular complexity index is 464. The van der Waals surface area contributed by atoms with E-state index in [0.717, 1.165) is 10.9 Å². The van der Waals surface area contributed by atoms with Crippen molar-refractivity contribution in [1.82, 2.24) is 4.90 Å². The highest BCUT2D eigenvalue weighted by Gasteiger charge is 2.32. The van der Waals surface area contributed by atoms with Crippen LogP contribution in [0.5, 0.6) is 5.75 Å². The van der Waals surface area contributed by atoms with E-state index in [2.05, 4.69) is 15.9 Å². The summed E-state index contributed by atoms with van der Waals surface area (Å²) in [5.74, 6) is 0.680. The van der Waals surface area contributed by atoms with Gasteiger partial charge in [-0.05, 0) is 47.5 Å². The van der Waals surface area contributed by atoms with E-state index in [1.807, 2.05) is 24.0 Å². The minimum Gasteiger partial charge on any atom is -0.497 e. The van der Waals surface area contributed by atoms with E-state index >= 15 is 0 Å². The molecule has 2 unspecified atom stereocenters. The third kappa shape index (κ3) is 2.37. The number of halogens is 1. The van der Waals surface area contributed by atoms with Gasteiger partial charge in [-0.1, -0.05) is 0 Å². The van der Waals surface area contributed by atoms with Gasteiger partial charge in [0, 0.05) is 23.1 Å². The molecule has 5 heteroatoms. The summed E-state index contributed by atoms with van der Waals surface area (Å²) in [5, 5.41) is 0.